The molecule has 2 atom stereocenters. The van der Waals surface area contributed by atoms with Crippen molar-refractivity contribution in [2.75, 3.05) is 19.6 Å². The highest BCUT2D eigenvalue weighted by Crippen LogP contribution is 2.36. The zero-order valence-corrected chi connectivity index (χ0v) is 23.2. The highest BCUT2D eigenvalue weighted by molar-refractivity contribution is 6.47. The lowest BCUT2D eigenvalue weighted by Gasteiger charge is -2.33. The molecule has 1 saturated heterocycles. The number of piperazine rings is 1. The van der Waals surface area contributed by atoms with E-state index in [1.54, 1.807) is 13.0 Å². The largest absolute Gasteiger partial charge is 0.535 e. The summed E-state index contributed by atoms with van der Waals surface area (Å²) in [6.07, 6.45) is -0.771. The van der Waals surface area contributed by atoms with Gasteiger partial charge in [-0.2, -0.15) is 0 Å². The predicted octanol–water partition coefficient (Wildman–Crippen LogP) is 0.973. The molecule has 0 spiro atoms. The number of aromatic hydroxyl groups is 2. The van der Waals surface area contributed by atoms with Crippen molar-refractivity contribution in [3.63, 3.8) is 0 Å². The van der Waals surface area contributed by atoms with Gasteiger partial charge in [0, 0.05) is 43.9 Å². The number of urea groups is 1. The fraction of sp³-hybridized carbons (Fsp3) is 0.357. The van der Waals surface area contributed by atoms with E-state index in [9.17, 15) is 49.1 Å². The third kappa shape index (κ3) is 6.78. The van der Waals surface area contributed by atoms with Crippen LogP contribution in [0.5, 0.6) is 17.2 Å². The number of para-hydroxylation sites is 1. The first kappa shape index (κ1) is 31.0. The number of hydrogen-bond donors (Lipinski definition) is 5. The molecule has 1 unspecified atom stereocenters. The zero-order chi connectivity index (χ0) is 31.4. The summed E-state index contributed by atoms with van der Waals surface area (Å²) < 4.78 is 5.46. The van der Waals surface area contributed by atoms with E-state index in [-0.39, 0.29) is 62.2 Å². The van der Waals surface area contributed by atoms with E-state index in [1.807, 2.05) is 0 Å². The van der Waals surface area contributed by atoms with Crippen LogP contribution >= 0.6 is 0 Å². The first-order valence-corrected chi connectivity index (χ1v) is 13.6. The minimum absolute atomic E-state index is 0.00630. The molecule has 2 aromatic carbocycles. The number of likely N-dealkylation sites (N-methyl/N-ethyl adjacent to an activating group) is 1. The number of amides is 4. The number of carbonyl (C=O) groups excluding carboxylic acids is 5. The average molecular weight is 595 g/mol. The molecule has 43 heavy (non-hydrogen) atoms. The molecule has 0 bridgehead atoms. The summed E-state index contributed by atoms with van der Waals surface area (Å²) in [7, 11) is -1.55. The van der Waals surface area contributed by atoms with Crippen molar-refractivity contribution in [3.8, 4) is 17.2 Å². The first-order chi connectivity index (χ1) is 20.4. The van der Waals surface area contributed by atoms with Crippen molar-refractivity contribution in [1.82, 2.24) is 15.1 Å². The van der Waals surface area contributed by atoms with Crippen LogP contribution in [0.2, 0.25) is 5.82 Å². The van der Waals surface area contributed by atoms with Gasteiger partial charge < -0.3 is 35.2 Å². The van der Waals surface area contributed by atoms with Gasteiger partial charge in [0.2, 0.25) is 0 Å². The molecule has 14 nitrogen and oxygen atoms in total. The summed E-state index contributed by atoms with van der Waals surface area (Å²) >= 11 is 0. The van der Waals surface area contributed by atoms with Gasteiger partial charge in [-0.15, -0.1) is 0 Å². The smallest absolute Gasteiger partial charge is 0.526 e. The lowest BCUT2D eigenvalue weighted by Crippen LogP contribution is -2.59. The monoisotopic (exact) mass is 595 g/mol. The lowest BCUT2D eigenvalue weighted by atomic mass is 9.64. The molecule has 0 aliphatic carbocycles. The molecular weight excluding hydrogens is 565 g/mol. The third-order valence-corrected chi connectivity index (χ3v) is 7.49. The van der Waals surface area contributed by atoms with E-state index in [4.69, 9.17) is 4.65 Å². The maximum atomic E-state index is 13.5. The van der Waals surface area contributed by atoms with Crippen LogP contribution in [0.4, 0.5) is 4.79 Å². The summed E-state index contributed by atoms with van der Waals surface area (Å²) in [5.74, 6) is -6.07. The maximum Gasteiger partial charge on any atom is 0.526 e. The molecule has 2 aliphatic rings. The van der Waals surface area contributed by atoms with E-state index in [2.05, 4.69) is 5.32 Å². The number of carbonyl (C=O) groups is 6. The molecule has 2 heterocycles. The fourth-order valence-corrected chi connectivity index (χ4v) is 5.05. The number of nitrogens with zero attached hydrogens (tertiary/aromatic N) is 2. The third-order valence-electron chi connectivity index (χ3n) is 7.49. The van der Waals surface area contributed by atoms with Gasteiger partial charge in [0.15, 0.2) is 23.1 Å². The van der Waals surface area contributed by atoms with Crippen molar-refractivity contribution < 1.29 is 53.8 Å². The van der Waals surface area contributed by atoms with Crippen LogP contribution in [0.15, 0.2) is 36.4 Å². The second-order valence-corrected chi connectivity index (χ2v) is 10.3. The number of carboxylic acids is 1. The number of hydrogen-bond acceptors (Lipinski definition) is 10. The Hall–Kier alpha value is -4.92. The summed E-state index contributed by atoms with van der Waals surface area (Å²) in [4.78, 5) is 77.8. The molecular formula is C28H30BN3O11. The van der Waals surface area contributed by atoms with Crippen LogP contribution in [0.1, 0.15) is 52.5 Å². The number of ketones is 2. The van der Waals surface area contributed by atoms with Crippen LogP contribution in [0.25, 0.3) is 0 Å². The normalized spacial score (nSPS) is 17.2. The molecule has 0 saturated carbocycles. The quantitative estimate of drug-likeness (QED) is 0.113. The summed E-state index contributed by atoms with van der Waals surface area (Å²) in [5, 5.41) is 41.7. The summed E-state index contributed by atoms with van der Waals surface area (Å²) in [6, 6.07) is 5.58. The Labute approximate surface area is 246 Å². The first-order valence-electron chi connectivity index (χ1n) is 13.6. The maximum absolute atomic E-state index is 13.5. The SMILES string of the molecule is CCN1CCN(C(=O)NC(CCC(=O)c2ccc(O)c(O)c2)C(=O)C[C@H]2Cc3cccc(C(=O)O)c3OB2O)C(=O)C1=O. The average Bonchev–Trinajstić information content (AvgIpc) is 2.97. The Morgan fingerprint density at radius 2 is 1.81 bits per heavy atom. The van der Waals surface area contributed by atoms with Crippen LogP contribution in [0, 0.1) is 0 Å². The van der Waals surface area contributed by atoms with Crippen molar-refractivity contribution in [2.24, 2.45) is 0 Å². The number of rotatable bonds is 10. The second-order valence-electron chi connectivity index (χ2n) is 10.3. The molecule has 2 aliphatic heterocycles. The van der Waals surface area contributed by atoms with Gasteiger partial charge in [-0.05, 0) is 49.6 Å². The molecule has 15 heteroatoms. The van der Waals surface area contributed by atoms with E-state index >= 15 is 0 Å². The number of phenolic OH excluding ortho intramolecular Hbond substituents is 2. The minimum Gasteiger partial charge on any atom is -0.535 e. The Morgan fingerprint density at radius 1 is 1.07 bits per heavy atom. The molecule has 1 fully saturated rings. The zero-order valence-electron chi connectivity index (χ0n) is 23.2. The fourth-order valence-electron chi connectivity index (χ4n) is 5.05. The number of imide groups is 1. The number of phenols is 2. The van der Waals surface area contributed by atoms with Crippen LogP contribution in [-0.4, -0.2) is 98.3 Å². The second kappa shape index (κ2) is 12.9. The van der Waals surface area contributed by atoms with Gasteiger partial charge in [0.25, 0.3) is 0 Å². The van der Waals surface area contributed by atoms with Gasteiger partial charge >= 0.3 is 30.9 Å². The molecule has 2 aromatic rings. The number of carboxylic acid groups (broad SMARTS) is 1. The van der Waals surface area contributed by atoms with Gasteiger partial charge in [0.05, 0.1) is 11.6 Å². The number of Topliss-reactive ketones (excluding diaryl/α,β-unsaturated/α-hetero) is 2. The predicted molar refractivity (Wildman–Crippen MR) is 149 cm³/mol. The topological polar surface area (TPSA) is 211 Å². The van der Waals surface area contributed by atoms with E-state index in [0.717, 1.165) is 12.1 Å². The molecule has 226 valence electrons. The molecule has 4 rings (SSSR count). The molecule has 4 amide bonds. The molecule has 0 aromatic heterocycles. The molecule has 0 radical (unpaired) electrons. The van der Waals surface area contributed by atoms with E-state index < -0.39 is 65.9 Å². The number of aromatic carboxylic acids is 1. The van der Waals surface area contributed by atoms with Crippen LogP contribution in [0.3, 0.4) is 0 Å². The highest BCUT2D eigenvalue weighted by Gasteiger charge is 2.40. The van der Waals surface area contributed by atoms with Crippen LogP contribution in [-0.2, 0) is 20.8 Å². The van der Waals surface area contributed by atoms with Crippen molar-refractivity contribution in [2.45, 2.75) is 44.5 Å². The van der Waals surface area contributed by atoms with Crippen LogP contribution < -0.4 is 9.97 Å². The Morgan fingerprint density at radius 3 is 2.49 bits per heavy atom. The van der Waals surface area contributed by atoms with Gasteiger partial charge in [-0.25, -0.2) is 9.59 Å². The van der Waals surface area contributed by atoms with Gasteiger partial charge in [-0.3, -0.25) is 24.1 Å². The lowest BCUT2D eigenvalue weighted by molar-refractivity contribution is -0.153. The minimum atomic E-state index is -1.55. The van der Waals surface area contributed by atoms with Gasteiger partial charge in [0.1, 0.15) is 5.75 Å². The summed E-state index contributed by atoms with van der Waals surface area (Å²) in [5.41, 5.74) is 0.364. The number of fused-ring (bicyclic) bond motifs is 1. The molecule has 5 N–H and O–H groups in total. The van der Waals surface area contributed by atoms with Crippen molar-refractivity contribution in [1.29, 1.82) is 0 Å². The Kier molecular flexibility index (Phi) is 9.34. The number of nitrogens with one attached hydrogen (secondary N) is 1. The Balaban J connectivity index is 1.51. The Bertz CT molecular complexity index is 1480. The van der Waals surface area contributed by atoms with Crippen molar-refractivity contribution in [3.05, 3.63) is 53.1 Å². The summed E-state index contributed by atoms with van der Waals surface area (Å²) in [6.45, 7) is 1.97. The standard InChI is InChI=1S/C28H30BN3O11/c1-2-31-10-11-32(26(38)25(31)37)28(41)30-19(7-9-20(33)15-6-8-21(34)23(36)13-15)22(35)14-17-12-16-4-3-5-18(27(39)40)24(16)43-29(17)42/h3-6,8,13,17,19,34,36,42H,2,7,9-12,14H2,1H3,(H,30,41)(H,39,40)/t17-,19?/m1/s1. The highest BCUT2D eigenvalue weighted by atomic mass is 16.5. The van der Waals surface area contributed by atoms with Crippen molar-refractivity contribution >= 4 is 42.5 Å². The van der Waals surface area contributed by atoms with E-state index in [1.165, 1.54) is 23.1 Å². The number of benzene rings is 2. The van der Waals surface area contributed by atoms with Gasteiger partial charge in [-0.1, -0.05) is 12.1 Å². The van der Waals surface area contributed by atoms with E-state index in [0.29, 0.717) is 10.5 Å².